The molecule has 3 aliphatic heterocycles. The molecule has 0 spiro atoms. The first-order valence-electron chi connectivity index (χ1n) is 20.4. The van der Waals surface area contributed by atoms with Crippen LogP contribution in [0.2, 0.25) is 25.7 Å². The summed E-state index contributed by atoms with van der Waals surface area (Å²) < 4.78 is 41.0. The van der Waals surface area contributed by atoms with Gasteiger partial charge in [0, 0.05) is 41.4 Å². The summed E-state index contributed by atoms with van der Waals surface area (Å²) in [5.41, 5.74) is 0.590. The number of benzene rings is 1. The van der Waals surface area contributed by atoms with Crippen LogP contribution in [-0.4, -0.2) is 203 Å². The second-order valence-electron chi connectivity index (χ2n) is 17.0. The van der Waals surface area contributed by atoms with Crippen LogP contribution in [0.15, 0.2) is 30.3 Å². The van der Waals surface area contributed by atoms with Gasteiger partial charge in [0.1, 0.15) is 79.2 Å². The molecule has 3 heterocycles. The van der Waals surface area contributed by atoms with Crippen molar-refractivity contribution in [1.82, 2.24) is 10.6 Å². The van der Waals surface area contributed by atoms with E-state index in [1.807, 2.05) is 0 Å². The van der Waals surface area contributed by atoms with Crippen molar-refractivity contribution >= 4 is 31.8 Å². The number of aliphatic hydroxyl groups excluding tert-OH is 8. The van der Waals surface area contributed by atoms with E-state index in [1.165, 1.54) is 0 Å². The molecule has 1 aromatic rings. The molecule has 2 amide bonds. The molecular weight excluding hydrogens is 906 g/mol. The van der Waals surface area contributed by atoms with E-state index in [0.29, 0.717) is 11.6 Å². The number of carboxylic acid groups (broad SMARTS) is 2. The fourth-order valence-corrected chi connectivity index (χ4v) is 8.13. The van der Waals surface area contributed by atoms with Crippen LogP contribution < -0.4 is 80.0 Å². The summed E-state index contributed by atoms with van der Waals surface area (Å²) in [6.07, 6.45) is -27.8. The van der Waals surface area contributed by atoms with Gasteiger partial charge < -0.3 is 104 Å². The zero-order valence-corrected chi connectivity index (χ0v) is 42.5. The predicted molar refractivity (Wildman–Crippen MR) is 209 cm³/mol. The molecule has 0 radical (unpaired) electrons. The van der Waals surface area contributed by atoms with Gasteiger partial charge in [-0.05, 0) is 11.6 Å². The monoisotopic (exact) mass is 966 g/mol. The number of nitrogens with one attached hydrogen (secondary N) is 2. The van der Waals surface area contributed by atoms with Gasteiger partial charge in [0.25, 0.3) is 0 Å². The van der Waals surface area contributed by atoms with Crippen molar-refractivity contribution in [2.24, 2.45) is 0 Å². The molecule has 0 aliphatic carbocycles. The molecule has 358 valence electrons. The molecule has 4 rings (SSSR count). The van der Waals surface area contributed by atoms with E-state index in [-0.39, 0.29) is 72.1 Å². The molecule has 3 aliphatic rings. The molecule has 3 fully saturated rings. The summed E-state index contributed by atoms with van der Waals surface area (Å²) in [6, 6.07) is 6.03. The minimum Gasteiger partial charge on any atom is -0.547 e. The predicted octanol–water partition coefficient (Wildman–Crippen LogP) is -12.7. The molecule has 0 saturated carbocycles. The molecule has 0 aromatic heterocycles. The van der Waals surface area contributed by atoms with E-state index in [0.717, 1.165) is 13.8 Å². The van der Waals surface area contributed by atoms with Gasteiger partial charge in [-0.25, -0.2) is 0 Å². The standard InChI is InChI=1S/C39H62N2O21Si.2Na/c1-18(44)40-26-21(46)14-39(38(54)55,61-33(26)28(48)22(47)15-42)62-34-29(49)24(16-43)58-37(31(34)51)60-32-27(41-19(2)45)36(56-11-12-63(3,4)5)59-25(30(32)50)17-57-23(35(52)53)13-20-9-7-6-8-10-20;;/h6-10,21-34,36-37,42-43,46-51H,11-17H2,1-5H3,(H,40,44)(H,41,45)(H,52,53)(H,54,55);;/q;2*+1/p-2/t21-,22+,23-,24+,25+,26+,27+,28-,29-,30-,31+,32+,33+,34-,36+,37-,39-;;/m0../s1. The Morgan fingerprint density at radius 2 is 1.45 bits per heavy atom. The minimum absolute atomic E-state index is 0. The number of aliphatic carboxylic acids is 2. The number of ether oxygens (including phenoxy) is 7. The Balaban J connectivity index is 0.00000726. The zero-order valence-electron chi connectivity index (χ0n) is 37.5. The Morgan fingerprint density at radius 1 is 0.862 bits per heavy atom. The molecule has 17 atom stereocenters. The van der Waals surface area contributed by atoms with E-state index in [2.05, 4.69) is 30.3 Å². The maximum absolute atomic E-state index is 12.9. The molecule has 3 saturated heterocycles. The van der Waals surface area contributed by atoms with Crippen LogP contribution in [0.5, 0.6) is 0 Å². The van der Waals surface area contributed by atoms with Gasteiger partial charge in [-0.15, -0.1) is 0 Å². The van der Waals surface area contributed by atoms with Crippen LogP contribution in [0.25, 0.3) is 0 Å². The van der Waals surface area contributed by atoms with Gasteiger partial charge in [-0.2, -0.15) is 0 Å². The molecule has 0 bridgehead atoms. The SMILES string of the molecule is CC(=O)N[C@H]1[C@H](OCC[Si](C)(C)C)O[C@H](CO[C@@H](Cc2ccccc2)C(=O)[O-])[C@H](O)[C@@H]1O[C@@H]1O[C@H](CO)[C@H](O)[C@H](O[C@]2(C(=O)[O-])C[C@H](O)[C@@H](NC(C)=O)[C@H]([C@@H](O)[C@H](O)CO)O2)[C@H]1O.[Na+].[Na+]. The molecule has 65 heavy (non-hydrogen) atoms. The molecular formula is C39H60N2Na2O21Si. The van der Waals surface area contributed by atoms with Crippen LogP contribution in [0.1, 0.15) is 25.8 Å². The van der Waals surface area contributed by atoms with Crippen LogP contribution in [0.4, 0.5) is 0 Å². The van der Waals surface area contributed by atoms with Crippen LogP contribution in [0.3, 0.4) is 0 Å². The Morgan fingerprint density at radius 3 is 1.98 bits per heavy atom. The van der Waals surface area contributed by atoms with Crippen molar-refractivity contribution in [2.75, 3.05) is 26.4 Å². The van der Waals surface area contributed by atoms with Crippen LogP contribution in [0, 0.1) is 0 Å². The van der Waals surface area contributed by atoms with Gasteiger partial charge in [-0.1, -0.05) is 50.0 Å². The molecule has 0 unspecified atom stereocenters. The molecule has 23 nitrogen and oxygen atoms in total. The normalized spacial score (nSPS) is 34.1. The van der Waals surface area contributed by atoms with E-state index in [9.17, 15) is 70.2 Å². The van der Waals surface area contributed by atoms with E-state index in [1.54, 1.807) is 30.3 Å². The number of hydrogen-bond acceptors (Lipinski definition) is 21. The quantitative estimate of drug-likeness (QED) is 0.0511. The Bertz CT molecular complexity index is 1670. The topological polar surface area (TPSA) is 365 Å². The Hall–Kier alpha value is -1.28. The number of carbonyl (C=O) groups is 4. The van der Waals surface area contributed by atoms with Crippen LogP contribution in [-0.2, 0) is 58.8 Å². The number of carboxylic acids is 2. The number of hydrogen-bond donors (Lipinski definition) is 10. The molecule has 26 heteroatoms. The second kappa shape index (κ2) is 26.6. The average Bonchev–Trinajstić information content (AvgIpc) is 3.21. The van der Waals surface area contributed by atoms with Gasteiger partial charge in [0.2, 0.25) is 17.6 Å². The minimum atomic E-state index is -3.20. The maximum Gasteiger partial charge on any atom is 1.00 e. The van der Waals surface area contributed by atoms with Crippen molar-refractivity contribution in [3.05, 3.63) is 35.9 Å². The maximum atomic E-state index is 12.9. The first-order chi connectivity index (χ1) is 29.5. The van der Waals surface area contributed by atoms with E-state index < -0.39 is 162 Å². The number of carbonyl (C=O) groups excluding carboxylic acids is 4. The van der Waals surface area contributed by atoms with Crippen molar-refractivity contribution < 1.29 is 163 Å². The second-order valence-corrected chi connectivity index (χ2v) is 22.6. The van der Waals surface area contributed by atoms with Crippen molar-refractivity contribution in [2.45, 2.75) is 156 Å². The van der Waals surface area contributed by atoms with Crippen LogP contribution >= 0.6 is 0 Å². The number of amides is 2. The third-order valence-electron chi connectivity index (χ3n) is 10.8. The largest absolute Gasteiger partial charge is 1.00 e. The van der Waals surface area contributed by atoms with Crippen molar-refractivity contribution in [3.63, 3.8) is 0 Å². The summed E-state index contributed by atoms with van der Waals surface area (Å²) in [5.74, 6) is -8.46. The van der Waals surface area contributed by atoms with E-state index >= 15 is 0 Å². The smallest absolute Gasteiger partial charge is 0.547 e. The summed E-state index contributed by atoms with van der Waals surface area (Å²) in [6.45, 7) is 5.73. The molecule has 10 N–H and O–H groups in total. The van der Waals surface area contributed by atoms with E-state index in [4.69, 9.17) is 33.2 Å². The third-order valence-corrected chi connectivity index (χ3v) is 12.5. The first-order valence-corrected chi connectivity index (χ1v) is 24.1. The van der Waals surface area contributed by atoms with Gasteiger partial charge in [0.15, 0.2) is 12.6 Å². The summed E-state index contributed by atoms with van der Waals surface area (Å²) in [7, 11) is -1.75. The average molecular weight is 967 g/mol. The van der Waals surface area contributed by atoms with Gasteiger partial charge in [0.05, 0.1) is 37.9 Å². The fraction of sp³-hybridized carbons (Fsp3) is 0.744. The number of aliphatic hydroxyl groups is 8. The fourth-order valence-electron chi connectivity index (χ4n) is 7.40. The van der Waals surface area contributed by atoms with Crippen molar-refractivity contribution in [3.8, 4) is 0 Å². The van der Waals surface area contributed by atoms with Gasteiger partial charge >= 0.3 is 59.1 Å². The first kappa shape index (κ1) is 59.8. The summed E-state index contributed by atoms with van der Waals surface area (Å²) in [5, 5.41) is 117. The third kappa shape index (κ3) is 16.1. The summed E-state index contributed by atoms with van der Waals surface area (Å²) in [4.78, 5) is 49.6. The van der Waals surface area contributed by atoms with Gasteiger partial charge in [-0.3, -0.25) is 9.59 Å². The zero-order chi connectivity index (χ0) is 47.0. The number of rotatable bonds is 21. The Labute approximate surface area is 420 Å². The molecule has 1 aromatic carbocycles. The summed E-state index contributed by atoms with van der Waals surface area (Å²) >= 11 is 0. The van der Waals surface area contributed by atoms with Crippen molar-refractivity contribution in [1.29, 1.82) is 0 Å². The Kier molecular flexibility index (Phi) is 24.5.